The van der Waals surface area contributed by atoms with Crippen LogP contribution in [0.5, 0.6) is 11.6 Å². The zero-order valence-electron chi connectivity index (χ0n) is 9.53. The van der Waals surface area contributed by atoms with Crippen LogP contribution in [0.4, 0.5) is 11.6 Å². The lowest BCUT2D eigenvalue weighted by atomic mass is 10.3. The van der Waals surface area contributed by atoms with E-state index >= 15 is 0 Å². The summed E-state index contributed by atoms with van der Waals surface area (Å²) in [5.74, 6) is 0.345. The molecule has 1 heterocycles. The van der Waals surface area contributed by atoms with Crippen LogP contribution in [0.3, 0.4) is 0 Å². The van der Waals surface area contributed by atoms with Crippen molar-refractivity contribution in [3.05, 3.63) is 46.1 Å². The lowest BCUT2D eigenvalue weighted by molar-refractivity contribution is -0.385. The van der Waals surface area contributed by atoms with Gasteiger partial charge in [-0.1, -0.05) is 12.1 Å². The average molecular weight is 246 g/mol. The molecule has 1 aromatic heterocycles. The molecule has 0 saturated carbocycles. The number of aryl methyl sites for hydroxylation is 1. The Kier molecular flexibility index (Phi) is 3.05. The SMILES string of the molecule is Cc1cc(Oc2ccccc2[N+](=O)[O-])nc(N)n1. The molecule has 0 aliphatic heterocycles. The average Bonchev–Trinajstić information content (AvgIpc) is 2.27. The van der Waals surface area contributed by atoms with Crippen molar-refractivity contribution in [3.8, 4) is 11.6 Å². The monoisotopic (exact) mass is 246 g/mol. The topological polar surface area (TPSA) is 104 Å². The molecule has 92 valence electrons. The summed E-state index contributed by atoms with van der Waals surface area (Å²) in [6, 6.07) is 7.59. The highest BCUT2D eigenvalue weighted by atomic mass is 16.6. The Morgan fingerprint density at radius 2 is 2.06 bits per heavy atom. The minimum Gasteiger partial charge on any atom is -0.432 e. The van der Waals surface area contributed by atoms with Crippen LogP contribution in [0.25, 0.3) is 0 Å². The number of nitrogens with two attached hydrogens (primary N) is 1. The van der Waals surface area contributed by atoms with Gasteiger partial charge in [0, 0.05) is 17.8 Å². The molecule has 2 rings (SSSR count). The zero-order valence-corrected chi connectivity index (χ0v) is 9.53. The van der Waals surface area contributed by atoms with E-state index in [0.29, 0.717) is 5.69 Å². The van der Waals surface area contributed by atoms with E-state index in [1.54, 1.807) is 25.1 Å². The van der Waals surface area contributed by atoms with Crippen molar-refractivity contribution in [1.82, 2.24) is 9.97 Å². The van der Waals surface area contributed by atoms with Gasteiger partial charge in [-0.2, -0.15) is 4.98 Å². The highest BCUT2D eigenvalue weighted by Crippen LogP contribution is 2.30. The number of nitro groups is 1. The number of nitro benzene ring substituents is 1. The van der Waals surface area contributed by atoms with Crippen molar-refractivity contribution in [2.75, 3.05) is 5.73 Å². The maximum atomic E-state index is 10.8. The predicted octanol–water partition coefficient (Wildman–Crippen LogP) is 2.07. The Morgan fingerprint density at radius 1 is 1.33 bits per heavy atom. The number of para-hydroxylation sites is 2. The van der Waals surface area contributed by atoms with E-state index in [2.05, 4.69) is 9.97 Å². The molecular formula is C11H10N4O3. The third-order valence-electron chi connectivity index (χ3n) is 2.12. The first-order valence-electron chi connectivity index (χ1n) is 5.08. The molecule has 0 fully saturated rings. The lowest BCUT2D eigenvalue weighted by Crippen LogP contribution is -2.00. The molecule has 0 saturated heterocycles. The standard InChI is InChI=1S/C11H10N4O3/c1-7-6-10(14-11(12)13-7)18-9-5-3-2-4-8(9)15(16)17/h2-6H,1H3,(H2,12,13,14). The summed E-state index contributed by atoms with van der Waals surface area (Å²) in [5.41, 5.74) is 5.96. The molecule has 0 amide bonds. The number of nitrogen functional groups attached to an aromatic ring is 1. The molecule has 0 aliphatic carbocycles. The van der Waals surface area contributed by atoms with Gasteiger partial charge in [0.15, 0.2) is 0 Å². The lowest BCUT2D eigenvalue weighted by Gasteiger charge is -2.06. The molecular weight excluding hydrogens is 236 g/mol. The highest BCUT2D eigenvalue weighted by Gasteiger charge is 2.15. The molecule has 0 atom stereocenters. The largest absolute Gasteiger partial charge is 0.432 e. The van der Waals surface area contributed by atoms with Gasteiger partial charge < -0.3 is 10.5 Å². The van der Waals surface area contributed by atoms with Crippen LogP contribution in [0.15, 0.2) is 30.3 Å². The van der Waals surface area contributed by atoms with Crippen molar-refractivity contribution in [2.45, 2.75) is 6.92 Å². The Labute approximate surface area is 102 Å². The number of nitrogens with zero attached hydrogens (tertiary/aromatic N) is 3. The number of hydrogen-bond acceptors (Lipinski definition) is 6. The van der Waals surface area contributed by atoms with E-state index in [0.717, 1.165) is 0 Å². The van der Waals surface area contributed by atoms with Gasteiger partial charge in [-0.25, -0.2) is 4.98 Å². The third-order valence-corrected chi connectivity index (χ3v) is 2.12. The summed E-state index contributed by atoms with van der Waals surface area (Å²) >= 11 is 0. The van der Waals surface area contributed by atoms with Crippen LogP contribution >= 0.6 is 0 Å². The van der Waals surface area contributed by atoms with E-state index in [4.69, 9.17) is 10.5 Å². The second-order valence-corrected chi connectivity index (χ2v) is 3.53. The van der Waals surface area contributed by atoms with Gasteiger partial charge in [0.05, 0.1) is 4.92 Å². The van der Waals surface area contributed by atoms with Crippen molar-refractivity contribution in [2.24, 2.45) is 0 Å². The Balaban J connectivity index is 2.37. The molecule has 2 N–H and O–H groups in total. The smallest absolute Gasteiger partial charge is 0.311 e. The molecule has 2 aromatic rings. The maximum Gasteiger partial charge on any atom is 0.311 e. The number of rotatable bonds is 3. The predicted molar refractivity (Wildman–Crippen MR) is 64.4 cm³/mol. The van der Waals surface area contributed by atoms with E-state index in [-0.39, 0.29) is 23.3 Å². The highest BCUT2D eigenvalue weighted by molar-refractivity contribution is 5.47. The Bertz CT molecular complexity index is 580. The van der Waals surface area contributed by atoms with Gasteiger partial charge in [0.2, 0.25) is 17.6 Å². The molecule has 7 heteroatoms. The van der Waals surface area contributed by atoms with E-state index < -0.39 is 4.92 Å². The van der Waals surface area contributed by atoms with Crippen LogP contribution < -0.4 is 10.5 Å². The minimum atomic E-state index is -0.521. The molecule has 18 heavy (non-hydrogen) atoms. The number of ether oxygens (including phenoxy) is 1. The maximum absolute atomic E-state index is 10.8. The van der Waals surface area contributed by atoms with Gasteiger partial charge in [-0.15, -0.1) is 0 Å². The summed E-state index contributed by atoms with van der Waals surface area (Å²) in [6.07, 6.45) is 0. The van der Waals surface area contributed by atoms with Crippen molar-refractivity contribution >= 4 is 11.6 Å². The van der Waals surface area contributed by atoms with Crippen LogP contribution in [-0.4, -0.2) is 14.9 Å². The summed E-state index contributed by atoms with van der Waals surface area (Å²) in [5, 5.41) is 10.8. The van der Waals surface area contributed by atoms with E-state index in [1.807, 2.05) is 0 Å². The molecule has 1 aromatic carbocycles. The van der Waals surface area contributed by atoms with Gasteiger partial charge in [-0.3, -0.25) is 10.1 Å². The first-order valence-corrected chi connectivity index (χ1v) is 5.08. The fourth-order valence-corrected chi connectivity index (χ4v) is 1.42. The summed E-state index contributed by atoms with van der Waals surface area (Å²) < 4.78 is 5.36. The van der Waals surface area contributed by atoms with E-state index in [1.165, 1.54) is 12.1 Å². The number of hydrogen-bond donors (Lipinski definition) is 1. The van der Waals surface area contributed by atoms with E-state index in [9.17, 15) is 10.1 Å². The fourth-order valence-electron chi connectivity index (χ4n) is 1.42. The molecule has 0 bridgehead atoms. The van der Waals surface area contributed by atoms with Crippen LogP contribution in [0.1, 0.15) is 5.69 Å². The van der Waals surface area contributed by atoms with Gasteiger partial charge in [0.1, 0.15) is 0 Å². The van der Waals surface area contributed by atoms with Crippen LogP contribution in [0.2, 0.25) is 0 Å². The molecule has 0 spiro atoms. The van der Waals surface area contributed by atoms with Crippen molar-refractivity contribution in [3.63, 3.8) is 0 Å². The first-order chi connectivity index (χ1) is 8.56. The molecule has 0 aliphatic rings. The van der Waals surface area contributed by atoms with Gasteiger partial charge in [-0.05, 0) is 13.0 Å². The molecule has 0 unspecified atom stereocenters. The Hall–Kier alpha value is -2.70. The van der Waals surface area contributed by atoms with Crippen LogP contribution in [-0.2, 0) is 0 Å². The first kappa shape index (κ1) is 11.8. The summed E-state index contributed by atoms with van der Waals surface area (Å²) in [6.45, 7) is 1.73. The number of aromatic nitrogens is 2. The quantitative estimate of drug-likeness (QED) is 0.656. The zero-order chi connectivity index (χ0) is 13.1. The molecule has 0 radical (unpaired) electrons. The van der Waals surface area contributed by atoms with Gasteiger partial charge in [0.25, 0.3) is 0 Å². The summed E-state index contributed by atoms with van der Waals surface area (Å²) in [7, 11) is 0. The molecule has 7 nitrogen and oxygen atoms in total. The number of benzene rings is 1. The number of anilines is 1. The fraction of sp³-hybridized carbons (Fsp3) is 0.0909. The van der Waals surface area contributed by atoms with Crippen molar-refractivity contribution in [1.29, 1.82) is 0 Å². The minimum absolute atomic E-state index is 0.0589. The van der Waals surface area contributed by atoms with Crippen molar-refractivity contribution < 1.29 is 9.66 Å². The summed E-state index contributed by atoms with van der Waals surface area (Å²) in [4.78, 5) is 18.0. The Morgan fingerprint density at radius 3 is 2.72 bits per heavy atom. The van der Waals surface area contributed by atoms with Crippen LogP contribution in [0, 0.1) is 17.0 Å². The second kappa shape index (κ2) is 4.66. The van der Waals surface area contributed by atoms with Gasteiger partial charge >= 0.3 is 5.69 Å². The second-order valence-electron chi connectivity index (χ2n) is 3.53. The third kappa shape index (κ3) is 2.51. The normalized spacial score (nSPS) is 10.1.